The van der Waals surface area contributed by atoms with E-state index in [1.54, 1.807) is 13.1 Å². The predicted molar refractivity (Wildman–Crippen MR) is 106 cm³/mol. The van der Waals surface area contributed by atoms with Crippen LogP contribution < -0.4 is 5.32 Å². The maximum atomic E-state index is 12.9. The number of ketones is 1. The van der Waals surface area contributed by atoms with E-state index in [0.29, 0.717) is 17.3 Å². The average Bonchev–Trinajstić information content (AvgIpc) is 3.43. The monoisotopic (exact) mass is 419 g/mol. The Labute approximate surface area is 173 Å². The molecule has 1 fully saturated rings. The van der Waals surface area contributed by atoms with Crippen molar-refractivity contribution in [1.82, 2.24) is 10.3 Å². The van der Waals surface area contributed by atoms with Crippen LogP contribution in [0.5, 0.6) is 0 Å². The number of Topliss-reactive ketones (excluding diaryl/α,β-unsaturated/α-hetero) is 1. The van der Waals surface area contributed by atoms with Gasteiger partial charge in [0.2, 0.25) is 5.60 Å². The smallest absolute Gasteiger partial charge is 0.305 e. The Bertz CT molecular complexity index is 853. The zero-order chi connectivity index (χ0) is 21.7. The lowest BCUT2D eigenvalue weighted by atomic mass is 9.90. The molecule has 0 saturated heterocycles. The van der Waals surface area contributed by atoms with Crippen molar-refractivity contribution in [2.45, 2.75) is 69.4 Å². The number of hydrogen-bond donors (Lipinski definition) is 2. The Morgan fingerprint density at radius 3 is 2.73 bits per heavy atom. The molecule has 30 heavy (non-hydrogen) atoms. The number of carbonyl (C=O) groups excluding carboxylic acids is 2. The predicted octanol–water partition coefficient (Wildman–Crippen LogP) is 2.51. The van der Waals surface area contributed by atoms with Gasteiger partial charge in [0.15, 0.2) is 5.78 Å². The van der Waals surface area contributed by atoms with Gasteiger partial charge in [0, 0.05) is 12.6 Å². The Morgan fingerprint density at radius 1 is 1.37 bits per heavy atom. The van der Waals surface area contributed by atoms with Gasteiger partial charge in [-0.15, -0.1) is 0 Å². The molecule has 1 aromatic rings. The van der Waals surface area contributed by atoms with Gasteiger partial charge in [-0.25, -0.2) is 4.39 Å². The zero-order valence-electron chi connectivity index (χ0n) is 16.9. The van der Waals surface area contributed by atoms with Gasteiger partial charge in [0.05, 0.1) is 12.1 Å². The van der Waals surface area contributed by atoms with Gasteiger partial charge in [-0.1, -0.05) is 24.9 Å². The molecule has 9 heteroatoms. The van der Waals surface area contributed by atoms with Gasteiger partial charge in [-0.3, -0.25) is 19.4 Å². The Kier molecular flexibility index (Phi) is 6.79. The van der Waals surface area contributed by atoms with E-state index in [2.05, 4.69) is 15.5 Å². The number of pyridine rings is 1. The summed E-state index contributed by atoms with van der Waals surface area (Å²) in [4.78, 5) is 45.4. The topological polar surface area (TPSA) is 118 Å². The van der Waals surface area contributed by atoms with Crippen LogP contribution in [0.2, 0.25) is 0 Å². The first kappa shape index (κ1) is 21.9. The number of nitrogens with one attached hydrogen (secondary N) is 1. The highest BCUT2D eigenvalue weighted by molar-refractivity contribution is 6.05. The van der Waals surface area contributed by atoms with Gasteiger partial charge in [-0.05, 0) is 42.9 Å². The Balaban J connectivity index is 1.74. The Hall–Kier alpha value is -2.84. The number of amides is 1. The molecule has 2 aliphatic rings. The summed E-state index contributed by atoms with van der Waals surface area (Å²) in [6.45, 7) is 0.363. The van der Waals surface area contributed by atoms with E-state index in [1.165, 1.54) is 18.4 Å². The molecule has 0 aromatic carbocycles. The second-order valence-corrected chi connectivity index (χ2v) is 7.83. The number of hydrogen-bond acceptors (Lipinski definition) is 6. The third kappa shape index (κ3) is 4.66. The van der Waals surface area contributed by atoms with Crippen molar-refractivity contribution in [2.75, 3.05) is 6.67 Å². The molecule has 1 amide bonds. The van der Waals surface area contributed by atoms with Crippen LogP contribution in [0.3, 0.4) is 0 Å². The molecular formula is C21H26FN3O5. The summed E-state index contributed by atoms with van der Waals surface area (Å²) in [5.74, 6) is -2.51. The van der Waals surface area contributed by atoms with Gasteiger partial charge >= 0.3 is 5.97 Å². The number of nitrogens with zero attached hydrogens (tertiary/aromatic N) is 2. The zero-order valence-corrected chi connectivity index (χ0v) is 16.9. The van der Waals surface area contributed by atoms with Crippen molar-refractivity contribution < 1.29 is 28.7 Å². The van der Waals surface area contributed by atoms with E-state index >= 15 is 0 Å². The van der Waals surface area contributed by atoms with E-state index in [4.69, 9.17) is 9.94 Å². The first-order valence-corrected chi connectivity index (χ1v) is 10.2. The summed E-state index contributed by atoms with van der Waals surface area (Å²) in [6.07, 6.45) is 6.08. The molecule has 1 saturated carbocycles. The van der Waals surface area contributed by atoms with Gasteiger partial charge in [0.25, 0.3) is 5.91 Å². The van der Waals surface area contributed by atoms with Crippen LogP contribution >= 0.6 is 0 Å². The highest BCUT2D eigenvalue weighted by Crippen LogP contribution is 2.35. The van der Waals surface area contributed by atoms with Crippen molar-refractivity contribution in [3.05, 3.63) is 29.6 Å². The fourth-order valence-corrected chi connectivity index (χ4v) is 4.01. The summed E-state index contributed by atoms with van der Waals surface area (Å²) in [5, 5.41) is 15.3. The molecule has 0 radical (unpaired) electrons. The quantitative estimate of drug-likeness (QED) is 0.635. The normalized spacial score (nSPS) is 22.3. The minimum Gasteiger partial charge on any atom is -0.481 e. The minimum atomic E-state index is -1.46. The number of carboxylic acid groups (broad SMARTS) is 1. The number of rotatable bonds is 9. The van der Waals surface area contributed by atoms with Crippen LogP contribution in [0, 0.1) is 0 Å². The lowest BCUT2D eigenvalue weighted by molar-refractivity contribution is -0.148. The SMILES string of the molecule is CCC1(C(=O)N[C@@H](CC(=O)O)C(=O)CF)CC(c2cc(C3CCCC3)ccn2)=NO1. The molecule has 8 nitrogen and oxygen atoms in total. The lowest BCUT2D eigenvalue weighted by Crippen LogP contribution is -2.53. The van der Waals surface area contributed by atoms with Crippen molar-refractivity contribution in [1.29, 1.82) is 0 Å². The van der Waals surface area contributed by atoms with Crippen LogP contribution in [-0.2, 0) is 19.2 Å². The van der Waals surface area contributed by atoms with Crippen molar-refractivity contribution in [3.63, 3.8) is 0 Å². The van der Waals surface area contributed by atoms with Crippen LogP contribution in [0.25, 0.3) is 0 Å². The van der Waals surface area contributed by atoms with Gasteiger partial charge in [-0.2, -0.15) is 0 Å². The fraction of sp³-hybridized carbons (Fsp3) is 0.571. The molecular weight excluding hydrogens is 393 g/mol. The third-order valence-corrected chi connectivity index (χ3v) is 5.88. The van der Waals surface area contributed by atoms with Crippen LogP contribution in [0.15, 0.2) is 23.5 Å². The maximum absolute atomic E-state index is 12.9. The number of alkyl halides is 1. The number of aliphatic carboxylic acids is 1. The first-order valence-electron chi connectivity index (χ1n) is 10.2. The Morgan fingerprint density at radius 2 is 2.10 bits per heavy atom. The molecule has 162 valence electrons. The number of carboxylic acids is 1. The molecule has 2 N–H and O–H groups in total. The summed E-state index contributed by atoms with van der Waals surface area (Å²) in [5.41, 5.74) is 0.935. The molecule has 1 aliphatic heterocycles. The molecule has 1 aliphatic carbocycles. The second-order valence-electron chi connectivity index (χ2n) is 7.83. The summed E-state index contributed by atoms with van der Waals surface area (Å²) < 4.78 is 12.8. The van der Waals surface area contributed by atoms with E-state index in [-0.39, 0.29) is 12.8 Å². The molecule has 2 atom stereocenters. The molecule has 1 aromatic heterocycles. The van der Waals surface area contributed by atoms with Gasteiger partial charge < -0.3 is 15.3 Å². The molecule has 0 spiro atoms. The highest BCUT2D eigenvalue weighted by Gasteiger charge is 2.46. The number of aromatic nitrogens is 1. The van der Waals surface area contributed by atoms with Crippen molar-refractivity contribution >= 4 is 23.4 Å². The molecule has 1 unspecified atom stereocenters. The number of carbonyl (C=O) groups is 3. The van der Waals surface area contributed by atoms with E-state index < -0.39 is 42.4 Å². The standard InChI is InChI=1S/C21H26FN3O5/c1-2-21(20(29)24-16(10-19(27)28)18(26)12-22)11-17(25-30-21)15-9-14(7-8-23-15)13-5-3-4-6-13/h7-9,13,16H,2-6,10-12H2,1H3,(H,24,29)(H,27,28)/t16-,21?/m0/s1. The minimum absolute atomic E-state index is 0.125. The van der Waals surface area contributed by atoms with Crippen LogP contribution in [0.4, 0.5) is 4.39 Å². The molecule has 0 bridgehead atoms. The average molecular weight is 419 g/mol. The largest absolute Gasteiger partial charge is 0.481 e. The number of oxime groups is 1. The first-order chi connectivity index (χ1) is 14.4. The third-order valence-electron chi connectivity index (χ3n) is 5.88. The fourth-order valence-electron chi connectivity index (χ4n) is 4.01. The van der Waals surface area contributed by atoms with Crippen molar-refractivity contribution in [3.8, 4) is 0 Å². The maximum Gasteiger partial charge on any atom is 0.305 e. The van der Waals surface area contributed by atoms with Gasteiger partial charge in [0.1, 0.15) is 18.4 Å². The van der Waals surface area contributed by atoms with Crippen LogP contribution in [0.1, 0.15) is 69.0 Å². The second kappa shape index (κ2) is 9.32. The van der Waals surface area contributed by atoms with E-state index in [9.17, 15) is 18.8 Å². The van der Waals surface area contributed by atoms with Crippen LogP contribution in [-0.4, -0.2) is 51.8 Å². The van der Waals surface area contributed by atoms with Crippen molar-refractivity contribution in [2.24, 2.45) is 5.16 Å². The summed E-state index contributed by atoms with van der Waals surface area (Å²) in [7, 11) is 0. The lowest BCUT2D eigenvalue weighted by Gasteiger charge is -2.26. The summed E-state index contributed by atoms with van der Waals surface area (Å²) >= 11 is 0. The summed E-state index contributed by atoms with van der Waals surface area (Å²) in [6, 6.07) is 2.51. The highest BCUT2D eigenvalue weighted by atomic mass is 19.1. The van der Waals surface area contributed by atoms with E-state index in [1.807, 2.05) is 12.1 Å². The van der Waals surface area contributed by atoms with E-state index in [0.717, 1.165) is 12.8 Å². The molecule has 3 rings (SSSR count). The number of halogens is 1. The molecule has 2 heterocycles.